The Morgan fingerprint density at radius 3 is 2.74 bits per heavy atom. The van der Waals surface area contributed by atoms with Crippen molar-refractivity contribution in [3.8, 4) is 0 Å². The van der Waals surface area contributed by atoms with E-state index in [1.807, 2.05) is 0 Å². The van der Waals surface area contributed by atoms with Gasteiger partial charge in [-0.15, -0.1) is 0 Å². The van der Waals surface area contributed by atoms with Crippen LogP contribution in [0.5, 0.6) is 0 Å². The Bertz CT molecular complexity index is 495. The monoisotopic (exact) mass is 285 g/mol. The van der Waals surface area contributed by atoms with Gasteiger partial charge in [0.15, 0.2) is 5.69 Å². The van der Waals surface area contributed by atoms with Gasteiger partial charge in [-0.25, -0.2) is 0 Å². The minimum atomic E-state index is -0.857. The molecule has 0 bridgehead atoms. The van der Waals surface area contributed by atoms with E-state index in [4.69, 9.17) is 16.7 Å². The molecule has 104 valence electrons. The lowest BCUT2D eigenvalue weighted by Gasteiger charge is -2.37. The van der Waals surface area contributed by atoms with Crippen molar-refractivity contribution >= 4 is 23.5 Å². The zero-order valence-corrected chi connectivity index (χ0v) is 11.6. The molecule has 2 atom stereocenters. The number of piperidine rings is 1. The summed E-state index contributed by atoms with van der Waals surface area (Å²) in [5.41, 5.74) is 0.255. The Kier molecular flexibility index (Phi) is 3.80. The lowest BCUT2D eigenvalue weighted by molar-refractivity contribution is -0.144. The van der Waals surface area contributed by atoms with Crippen molar-refractivity contribution in [2.45, 2.75) is 25.8 Å². The Morgan fingerprint density at radius 2 is 2.21 bits per heavy atom. The van der Waals surface area contributed by atoms with E-state index < -0.39 is 11.9 Å². The lowest BCUT2D eigenvalue weighted by atomic mass is 9.90. The van der Waals surface area contributed by atoms with Gasteiger partial charge in [-0.05, 0) is 19.8 Å². The molecule has 2 heterocycles. The van der Waals surface area contributed by atoms with Crippen LogP contribution in [0.1, 0.15) is 30.3 Å². The van der Waals surface area contributed by atoms with E-state index in [9.17, 15) is 9.59 Å². The van der Waals surface area contributed by atoms with E-state index in [1.54, 1.807) is 18.9 Å². The molecule has 2 rings (SSSR count). The number of hydrogen-bond donors (Lipinski definition) is 1. The van der Waals surface area contributed by atoms with Crippen molar-refractivity contribution in [2.75, 3.05) is 6.54 Å². The molecule has 1 fully saturated rings. The van der Waals surface area contributed by atoms with Crippen LogP contribution in [0, 0.1) is 5.92 Å². The maximum atomic E-state index is 12.3. The van der Waals surface area contributed by atoms with Crippen LogP contribution in [0.15, 0.2) is 6.07 Å². The van der Waals surface area contributed by atoms with Crippen LogP contribution < -0.4 is 0 Å². The van der Waals surface area contributed by atoms with Crippen molar-refractivity contribution in [1.82, 2.24) is 14.7 Å². The summed E-state index contributed by atoms with van der Waals surface area (Å²) in [5, 5.41) is 13.6. The van der Waals surface area contributed by atoms with E-state index in [0.29, 0.717) is 24.5 Å². The van der Waals surface area contributed by atoms with Crippen LogP contribution in [0.2, 0.25) is 5.15 Å². The van der Waals surface area contributed by atoms with Crippen LogP contribution in [0.25, 0.3) is 0 Å². The summed E-state index contributed by atoms with van der Waals surface area (Å²) in [7, 11) is 1.65. The number of nitrogens with zero attached hydrogens (tertiary/aromatic N) is 3. The fourth-order valence-electron chi connectivity index (χ4n) is 2.46. The van der Waals surface area contributed by atoms with Gasteiger partial charge in [0.1, 0.15) is 5.15 Å². The number of carbonyl (C=O) groups is 2. The fourth-order valence-corrected chi connectivity index (χ4v) is 2.60. The number of carboxylic acid groups (broad SMARTS) is 1. The molecule has 1 saturated heterocycles. The smallest absolute Gasteiger partial charge is 0.308 e. The van der Waals surface area contributed by atoms with Crippen LogP contribution in [-0.2, 0) is 11.8 Å². The lowest BCUT2D eigenvalue weighted by Crippen LogP contribution is -2.49. The van der Waals surface area contributed by atoms with Crippen molar-refractivity contribution < 1.29 is 14.7 Å². The van der Waals surface area contributed by atoms with Gasteiger partial charge in [0, 0.05) is 25.7 Å². The van der Waals surface area contributed by atoms with Crippen LogP contribution in [0.4, 0.5) is 0 Å². The molecule has 19 heavy (non-hydrogen) atoms. The predicted octanol–water partition coefficient (Wildman–Crippen LogP) is 1.40. The largest absolute Gasteiger partial charge is 0.481 e. The Morgan fingerprint density at radius 1 is 1.53 bits per heavy atom. The molecular weight excluding hydrogens is 270 g/mol. The summed E-state index contributed by atoms with van der Waals surface area (Å²) in [4.78, 5) is 25.1. The summed E-state index contributed by atoms with van der Waals surface area (Å²) in [6.07, 6.45) is 1.29. The minimum absolute atomic E-state index is 0.255. The molecule has 1 aliphatic heterocycles. The highest BCUT2D eigenvalue weighted by atomic mass is 35.5. The van der Waals surface area contributed by atoms with Gasteiger partial charge >= 0.3 is 5.97 Å². The van der Waals surface area contributed by atoms with Gasteiger partial charge in [0.25, 0.3) is 5.91 Å². The second-order valence-electron chi connectivity index (χ2n) is 4.80. The Labute approximate surface area is 115 Å². The van der Waals surface area contributed by atoms with Gasteiger partial charge in [-0.2, -0.15) is 5.10 Å². The summed E-state index contributed by atoms with van der Waals surface area (Å²) in [5.74, 6) is -1.64. The highest BCUT2D eigenvalue weighted by molar-refractivity contribution is 6.29. The van der Waals surface area contributed by atoms with Gasteiger partial charge in [-0.3, -0.25) is 14.3 Å². The van der Waals surface area contributed by atoms with E-state index >= 15 is 0 Å². The first-order chi connectivity index (χ1) is 8.91. The zero-order chi connectivity index (χ0) is 14.2. The molecule has 1 N–H and O–H groups in total. The summed E-state index contributed by atoms with van der Waals surface area (Å²) in [6, 6.07) is 1.17. The third kappa shape index (κ3) is 2.58. The maximum Gasteiger partial charge on any atom is 0.308 e. The first kappa shape index (κ1) is 13.9. The van der Waals surface area contributed by atoms with Crippen LogP contribution in [-0.4, -0.2) is 44.3 Å². The molecule has 0 aliphatic carbocycles. The number of rotatable bonds is 2. The molecule has 7 heteroatoms. The molecule has 0 radical (unpaired) electrons. The number of aryl methyl sites for hydroxylation is 1. The molecule has 0 aromatic carbocycles. The quantitative estimate of drug-likeness (QED) is 0.891. The predicted molar refractivity (Wildman–Crippen MR) is 69.1 cm³/mol. The first-order valence-electron chi connectivity index (χ1n) is 6.15. The molecular formula is C12H16ClN3O3. The molecule has 1 aliphatic rings. The average molecular weight is 286 g/mol. The fraction of sp³-hybridized carbons (Fsp3) is 0.583. The van der Waals surface area contributed by atoms with Gasteiger partial charge < -0.3 is 10.0 Å². The second kappa shape index (κ2) is 5.21. The topological polar surface area (TPSA) is 75.4 Å². The first-order valence-corrected chi connectivity index (χ1v) is 6.53. The Balaban J connectivity index is 2.20. The number of aromatic nitrogens is 2. The van der Waals surface area contributed by atoms with Gasteiger partial charge in [0.05, 0.1) is 5.92 Å². The molecule has 0 saturated carbocycles. The van der Waals surface area contributed by atoms with E-state index in [2.05, 4.69) is 5.10 Å². The number of amides is 1. The number of likely N-dealkylation sites (tertiary alicyclic amines) is 1. The second-order valence-corrected chi connectivity index (χ2v) is 5.19. The third-order valence-electron chi connectivity index (χ3n) is 3.61. The molecule has 1 aromatic rings. The number of aliphatic carboxylic acids is 1. The summed E-state index contributed by atoms with van der Waals surface area (Å²) < 4.78 is 1.41. The van der Waals surface area contributed by atoms with Crippen LogP contribution >= 0.6 is 11.6 Å². The van der Waals surface area contributed by atoms with E-state index in [1.165, 1.54) is 10.7 Å². The normalized spacial score (nSPS) is 23.4. The Hall–Kier alpha value is -1.56. The SMILES string of the molecule is CC1C(C(=O)O)CCCN1C(=O)c1cc(Cl)n(C)n1. The number of carbonyl (C=O) groups excluding carboxylic acids is 1. The van der Waals surface area contributed by atoms with Crippen molar-refractivity contribution in [3.63, 3.8) is 0 Å². The average Bonchev–Trinajstić information content (AvgIpc) is 2.69. The van der Waals surface area contributed by atoms with Crippen molar-refractivity contribution in [2.24, 2.45) is 13.0 Å². The molecule has 1 amide bonds. The maximum absolute atomic E-state index is 12.3. The van der Waals surface area contributed by atoms with Crippen molar-refractivity contribution in [3.05, 3.63) is 16.9 Å². The standard InChI is InChI=1S/C12H16ClN3O3/c1-7-8(12(18)19)4-3-5-16(7)11(17)9-6-10(13)15(2)14-9/h6-8H,3-5H2,1-2H3,(H,18,19). The van der Waals surface area contributed by atoms with Crippen LogP contribution in [0.3, 0.4) is 0 Å². The zero-order valence-electron chi connectivity index (χ0n) is 10.8. The number of hydrogen-bond acceptors (Lipinski definition) is 3. The highest BCUT2D eigenvalue weighted by Gasteiger charge is 2.36. The number of carboxylic acids is 1. The van der Waals surface area contributed by atoms with Gasteiger partial charge in [0.2, 0.25) is 0 Å². The highest BCUT2D eigenvalue weighted by Crippen LogP contribution is 2.25. The number of halogens is 1. The van der Waals surface area contributed by atoms with Gasteiger partial charge in [-0.1, -0.05) is 11.6 Å². The van der Waals surface area contributed by atoms with Crippen molar-refractivity contribution in [1.29, 1.82) is 0 Å². The molecule has 1 aromatic heterocycles. The minimum Gasteiger partial charge on any atom is -0.481 e. The molecule has 2 unspecified atom stereocenters. The third-order valence-corrected chi connectivity index (χ3v) is 3.96. The summed E-state index contributed by atoms with van der Waals surface area (Å²) in [6.45, 7) is 2.32. The molecule has 0 spiro atoms. The molecule has 6 nitrogen and oxygen atoms in total. The summed E-state index contributed by atoms with van der Waals surface area (Å²) >= 11 is 5.86. The van der Waals surface area contributed by atoms with E-state index in [0.717, 1.165) is 0 Å². The van der Waals surface area contributed by atoms with E-state index in [-0.39, 0.29) is 17.6 Å².